The number of aromatic nitrogens is 2. The minimum Gasteiger partial charge on any atom is -0.376 e. The van der Waals surface area contributed by atoms with Crippen LogP contribution in [-0.2, 0) is 4.74 Å². The van der Waals surface area contributed by atoms with Gasteiger partial charge < -0.3 is 15.0 Å². The number of hydrogen-bond acceptors (Lipinski definition) is 3. The number of fused-ring (bicyclic) bond motifs is 1. The standard InChI is InChI=1S/C13H15F2N3O/c1-7(11-3-2-4-19-11)18-10-6-8(14)5-9(15)12(10)17-13(18)16/h5-7,11H,2-4H2,1H3,(H2,16,17). The number of nitrogens with zero attached hydrogens (tertiary/aromatic N) is 2. The summed E-state index contributed by atoms with van der Waals surface area (Å²) in [7, 11) is 0. The van der Waals surface area contributed by atoms with E-state index in [1.807, 2.05) is 6.92 Å². The van der Waals surface area contributed by atoms with E-state index in [0.29, 0.717) is 12.1 Å². The lowest BCUT2D eigenvalue weighted by Gasteiger charge is -2.21. The third-order valence-corrected chi connectivity index (χ3v) is 3.65. The van der Waals surface area contributed by atoms with Gasteiger partial charge in [0, 0.05) is 18.7 Å². The molecule has 3 rings (SSSR count). The van der Waals surface area contributed by atoms with Gasteiger partial charge in [0.1, 0.15) is 11.3 Å². The zero-order chi connectivity index (χ0) is 13.6. The fraction of sp³-hybridized carbons (Fsp3) is 0.462. The molecule has 0 saturated carbocycles. The lowest BCUT2D eigenvalue weighted by atomic mass is 10.1. The van der Waals surface area contributed by atoms with E-state index in [1.165, 1.54) is 6.07 Å². The number of nitrogen functional groups attached to an aromatic ring is 1. The summed E-state index contributed by atoms with van der Waals surface area (Å²) in [5.41, 5.74) is 6.32. The second kappa shape index (κ2) is 4.45. The van der Waals surface area contributed by atoms with Crippen molar-refractivity contribution in [1.29, 1.82) is 0 Å². The van der Waals surface area contributed by atoms with Crippen molar-refractivity contribution < 1.29 is 13.5 Å². The molecule has 102 valence electrons. The first-order chi connectivity index (χ1) is 9.08. The molecule has 4 nitrogen and oxygen atoms in total. The van der Waals surface area contributed by atoms with Crippen molar-refractivity contribution in [2.45, 2.75) is 31.9 Å². The van der Waals surface area contributed by atoms with E-state index in [9.17, 15) is 8.78 Å². The van der Waals surface area contributed by atoms with Gasteiger partial charge in [-0.05, 0) is 19.8 Å². The second-order valence-corrected chi connectivity index (χ2v) is 4.89. The number of ether oxygens (including phenoxy) is 1. The SMILES string of the molecule is CC(C1CCCO1)n1c(N)nc2c(F)cc(F)cc21. The third-order valence-electron chi connectivity index (χ3n) is 3.65. The number of imidazole rings is 1. The Balaban J connectivity index is 2.14. The summed E-state index contributed by atoms with van der Waals surface area (Å²) < 4.78 is 34.3. The van der Waals surface area contributed by atoms with Crippen molar-refractivity contribution in [3.8, 4) is 0 Å². The van der Waals surface area contributed by atoms with Crippen LogP contribution >= 0.6 is 0 Å². The highest BCUT2D eigenvalue weighted by molar-refractivity contribution is 5.79. The molecule has 0 aliphatic carbocycles. The Hall–Kier alpha value is -1.69. The molecular weight excluding hydrogens is 252 g/mol. The Morgan fingerprint density at radius 2 is 2.26 bits per heavy atom. The van der Waals surface area contributed by atoms with Crippen LogP contribution in [0.2, 0.25) is 0 Å². The molecule has 1 aromatic carbocycles. The van der Waals surface area contributed by atoms with Gasteiger partial charge in [0.2, 0.25) is 5.95 Å². The molecule has 2 unspecified atom stereocenters. The van der Waals surface area contributed by atoms with Crippen LogP contribution in [0.25, 0.3) is 11.0 Å². The Kier molecular flexibility index (Phi) is 2.89. The van der Waals surface area contributed by atoms with Gasteiger partial charge in [0.05, 0.1) is 17.7 Å². The number of nitrogens with two attached hydrogens (primary N) is 1. The summed E-state index contributed by atoms with van der Waals surface area (Å²) in [6.07, 6.45) is 1.91. The summed E-state index contributed by atoms with van der Waals surface area (Å²) >= 11 is 0. The molecule has 2 heterocycles. The summed E-state index contributed by atoms with van der Waals surface area (Å²) in [6.45, 7) is 2.64. The van der Waals surface area contributed by atoms with E-state index in [0.717, 1.165) is 18.9 Å². The molecule has 0 bridgehead atoms. The van der Waals surface area contributed by atoms with Gasteiger partial charge in [-0.25, -0.2) is 13.8 Å². The Labute approximate surface area is 109 Å². The smallest absolute Gasteiger partial charge is 0.201 e. The van der Waals surface area contributed by atoms with Crippen molar-refractivity contribution >= 4 is 17.0 Å². The lowest BCUT2D eigenvalue weighted by Crippen LogP contribution is -2.22. The second-order valence-electron chi connectivity index (χ2n) is 4.89. The van der Waals surface area contributed by atoms with Gasteiger partial charge in [0.25, 0.3) is 0 Å². The molecule has 1 aliphatic rings. The Morgan fingerprint density at radius 3 is 2.95 bits per heavy atom. The van der Waals surface area contributed by atoms with Crippen LogP contribution in [0.5, 0.6) is 0 Å². The van der Waals surface area contributed by atoms with E-state index >= 15 is 0 Å². The van der Waals surface area contributed by atoms with Gasteiger partial charge in [0.15, 0.2) is 5.82 Å². The molecule has 2 atom stereocenters. The van der Waals surface area contributed by atoms with Crippen LogP contribution in [0.1, 0.15) is 25.8 Å². The molecule has 6 heteroatoms. The summed E-state index contributed by atoms with van der Waals surface area (Å²) in [5.74, 6) is -1.15. The van der Waals surface area contributed by atoms with Crippen LogP contribution in [-0.4, -0.2) is 22.3 Å². The van der Waals surface area contributed by atoms with E-state index < -0.39 is 11.6 Å². The first-order valence-corrected chi connectivity index (χ1v) is 6.32. The minimum absolute atomic E-state index is 0.00558. The molecule has 2 N–H and O–H groups in total. The fourth-order valence-corrected chi connectivity index (χ4v) is 2.72. The van der Waals surface area contributed by atoms with Gasteiger partial charge in [-0.3, -0.25) is 0 Å². The molecule has 1 fully saturated rings. The highest BCUT2D eigenvalue weighted by Crippen LogP contribution is 2.31. The normalized spacial score (nSPS) is 21.1. The maximum atomic E-state index is 13.7. The van der Waals surface area contributed by atoms with E-state index in [2.05, 4.69) is 4.98 Å². The van der Waals surface area contributed by atoms with Crippen molar-refractivity contribution in [2.24, 2.45) is 0 Å². The molecular formula is C13H15F2N3O. The molecule has 2 aromatic rings. The number of anilines is 1. The van der Waals surface area contributed by atoms with Crippen LogP contribution in [0.15, 0.2) is 12.1 Å². The molecule has 1 saturated heterocycles. The third kappa shape index (κ3) is 1.96. The summed E-state index contributed by atoms with van der Waals surface area (Å²) in [5, 5.41) is 0. The van der Waals surface area contributed by atoms with Gasteiger partial charge in [-0.15, -0.1) is 0 Å². The van der Waals surface area contributed by atoms with Crippen LogP contribution in [0.3, 0.4) is 0 Å². The zero-order valence-corrected chi connectivity index (χ0v) is 10.6. The highest BCUT2D eigenvalue weighted by atomic mass is 19.1. The van der Waals surface area contributed by atoms with Crippen molar-refractivity contribution in [1.82, 2.24) is 9.55 Å². The summed E-state index contributed by atoms with van der Waals surface area (Å²) in [6, 6.07) is 1.97. The monoisotopic (exact) mass is 267 g/mol. The molecule has 19 heavy (non-hydrogen) atoms. The topological polar surface area (TPSA) is 53.1 Å². The number of rotatable bonds is 2. The predicted molar refractivity (Wildman–Crippen MR) is 67.7 cm³/mol. The number of halogens is 2. The quantitative estimate of drug-likeness (QED) is 0.910. The number of benzene rings is 1. The minimum atomic E-state index is -0.694. The maximum Gasteiger partial charge on any atom is 0.201 e. The van der Waals surface area contributed by atoms with Crippen molar-refractivity contribution in [3.05, 3.63) is 23.8 Å². The van der Waals surface area contributed by atoms with Gasteiger partial charge in [-0.2, -0.15) is 0 Å². The van der Waals surface area contributed by atoms with Crippen LogP contribution in [0, 0.1) is 11.6 Å². The van der Waals surface area contributed by atoms with Crippen molar-refractivity contribution in [3.63, 3.8) is 0 Å². The van der Waals surface area contributed by atoms with Crippen LogP contribution < -0.4 is 5.73 Å². The van der Waals surface area contributed by atoms with Gasteiger partial charge in [-0.1, -0.05) is 0 Å². The molecule has 0 radical (unpaired) electrons. The van der Waals surface area contributed by atoms with Crippen molar-refractivity contribution in [2.75, 3.05) is 12.3 Å². The average molecular weight is 267 g/mol. The molecule has 0 spiro atoms. The van der Waals surface area contributed by atoms with E-state index in [-0.39, 0.29) is 23.6 Å². The molecule has 0 amide bonds. The first kappa shape index (κ1) is 12.3. The maximum absolute atomic E-state index is 13.7. The predicted octanol–water partition coefficient (Wildman–Crippen LogP) is 2.64. The number of hydrogen-bond donors (Lipinski definition) is 1. The Morgan fingerprint density at radius 1 is 1.47 bits per heavy atom. The fourth-order valence-electron chi connectivity index (χ4n) is 2.72. The molecule has 1 aliphatic heterocycles. The zero-order valence-electron chi connectivity index (χ0n) is 10.6. The lowest BCUT2D eigenvalue weighted by molar-refractivity contribution is 0.0751. The van der Waals surface area contributed by atoms with E-state index in [4.69, 9.17) is 10.5 Å². The largest absolute Gasteiger partial charge is 0.376 e. The van der Waals surface area contributed by atoms with Gasteiger partial charge >= 0.3 is 0 Å². The summed E-state index contributed by atoms with van der Waals surface area (Å²) in [4.78, 5) is 3.99. The Bertz CT molecular complexity index is 620. The average Bonchev–Trinajstić information content (AvgIpc) is 2.95. The van der Waals surface area contributed by atoms with E-state index in [1.54, 1.807) is 4.57 Å². The van der Waals surface area contributed by atoms with Crippen LogP contribution in [0.4, 0.5) is 14.7 Å². The highest BCUT2D eigenvalue weighted by Gasteiger charge is 2.27. The first-order valence-electron chi connectivity index (χ1n) is 6.32. The molecule has 1 aromatic heterocycles.